The molecule has 0 spiro atoms. The smallest absolute Gasteiger partial charge is 0.323 e. The maximum absolute atomic E-state index is 12.6. The van der Waals surface area contributed by atoms with Gasteiger partial charge in [0.15, 0.2) is 0 Å². The molecule has 0 aliphatic heterocycles. The van der Waals surface area contributed by atoms with Gasteiger partial charge in [-0.05, 0) is 32.4 Å². The van der Waals surface area contributed by atoms with Crippen LogP contribution in [0.15, 0.2) is 18.2 Å². The van der Waals surface area contributed by atoms with Gasteiger partial charge in [-0.3, -0.25) is 9.59 Å². The number of rotatable bonds is 8. The van der Waals surface area contributed by atoms with Crippen LogP contribution in [0.4, 0.5) is 0 Å². The Morgan fingerprint density at radius 3 is 2.50 bits per heavy atom. The molecule has 0 heterocycles. The van der Waals surface area contributed by atoms with Gasteiger partial charge in [0.1, 0.15) is 18.0 Å². The first-order valence-electron chi connectivity index (χ1n) is 7.24. The van der Waals surface area contributed by atoms with Crippen molar-refractivity contribution < 1.29 is 24.2 Å². The normalized spacial score (nSPS) is 10.4. The molecule has 6 nitrogen and oxygen atoms in total. The monoisotopic (exact) mass is 309 g/mol. The Morgan fingerprint density at radius 2 is 2.00 bits per heavy atom. The second kappa shape index (κ2) is 8.26. The van der Waals surface area contributed by atoms with Crippen LogP contribution < -0.4 is 9.47 Å². The van der Waals surface area contributed by atoms with E-state index in [2.05, 4.69) is 0 Å². The lowest BCUT2D eigenvalue weighted by molar-refractivity contribution is -0.137. The zero-order valence-electron chi connectivity index (χ0n) is 13.5. The second-order valence-electron chi connectivity index (χ2n) is 5.15. The molecule has 0 saturated heterocycles. The van der Waals surface area contributed by atoms with Crippen molar-refractivity contribution in [2.45, 2.75) is 33.3 Å². The number of carboxylic acids is 1. The molecule has 0 aromatic heterocycles. The maximum atomic E-state index is 12.6. The summed E-state index contributed by atoms with van der Waals surface area (Å²) in [6, 6.07) is 4.90. The molecule has 0 saturated carbocycles. The van der Waals surface area contributed by atoms with Crippen molar-refractivity contribution in [1.82, 2.24) is 4.90 Å². The highest BCUT2D eigenvalue weighted by molar-refractivity contribution is 5.98. The Bertz CT molecular complexity index is 527. The molecule has 0 radical (unpaired) electrons. The van der Waals surface area contributed by atoms with Crippen LogP contribution >= 0.6 is 0 Å². The minimum Gasteiger partial charge on any atom is -0.497 e. The third-order valence-electron chi connectivity index (χ3n) is 2.89. The van der Waals surface area contributed by atoms with Gasteiger partial charge < -0.3 is 19.5 Å². The lowest BCUT2D eigenvalue weighted by Crippen LogP contribution is -2.36. The van der Waals surface area contributed by atoms with Gasteiger partial charge >= 0.3 is 5.97 Å². The Kier molecular flexibility index (Phi) is 6.69. The molecule has 1 amide bonds. The molecule has 1 rings (SSSR count). The van der Waals surface area contributed by atoms with Crippen LogP contribution in [0.1, 0.15) is 37.6 Å². The van der Waals surface area contributed by atoms with Crippen LogP contribution in [-0.4, -0.2) is 48.2 Å². The summed E-state index contributed by atoms with van der Waals surface area (Å²) in [5.74, 6) is -0.428. The first-order valence-corrected chi connectivity index (χ1v) is 7.24. The Morgan fingerprint density at radius 1 is 1.32 bits per heavy atom. The molecule has 1 aromatic rings. The highest BCUT2D eigenvalue weighted by atomic mass is 16.5. The van der Waals surface area contributed by atoms with Crippen molar-refractivity contribution in [3.8, 4) is 11.5 Å². The lowest BCUT2D eigenvalue weighted by Gasteiger charge is -2.22. The van der Waals surface area contributed by atoms with Crippen LogP contribution in [0, 0.1) is 0 Å². The van der Waals surface area contributed by atoms with Gasteiger partial charge in [-0.2, -0.15) is 0 Å². The van der Waals surface area contributed by atoms with Crippen molar-refractivity contribution in [2.24, 2.45) is 0 Å². The van der Waals surface area contributed by atoms with E-state index in [1.165, 1.54) is 12.0 Å². The lowest BCUT2D eigenvalue weighted by atomic mass is 10.1. The van der Waals surface area contributed by atoms with Gasteiger partial charge in [0.25, 0.3) is 5.91 Å². The highest BCUT2D eigenvalue weighted by Crippen LogP contribution is 2.27. The third kappa shape index (κ3) is 4.95. The minimum atomic E-state index is -1.04. The Balaban J connectivity index is 3.15. The molecular weight excluding hydrogens is 286 g/mol. The fourth-order valence-corrected chi connectivity index (χ4v) is 2.01. The molecule has 0 aliphatic rings. The molecule has 1 N–H and O–H groups in total. The number of amides is 1. The van der Waals surface area contributed by atoms with Crippen LogP contribution in [0.25, 0.3) is 0 Å². The Labute approximate surface area is 130 Å². The summed E-state index contributed by atoms with van der Waals surface area (Å²) in [5, 5.41) is 8.96. The maximum Gasteiger partial charge on any atom is 0.323 e. The molecule has 0 atom stereocenters. The standard InChI is InChI=1S/C16H23NO5/c1-5-8-17(10-15(18)19)16(20)13-7-6-12(21-4)9-14(13)22-11(2)3/h6-7,9,11H,5,8,10H2,1-4H3,(H,18,19). The van der Waals surface area contributed by atoms with Crippen LogP contribution in [0.3, 0.4) is 0 Å². The van der Waals surface area contributed by atoms with Crippen LogP contribution in [0.2, 0.25) is 0 Å². The second-order valence-corrected chi connectivity index (χ2v) is 5.15. The van der Waals surface area contributed by atoms with Crippen molar-refractivity contribution in [2.75, 3.05) is 20.2 Å². The van der Waals surface area contributed by atoms with Crippen LogP contribution in [-0.2, 0) is 4.79 Å². The number of carbonyl (C=O) groups excluding carboxylic acids is 1. The van der Waals surface area contributed by atoms with Gasteiger partial charge in [0.2, 0.25) is 0 Å². The zero-order valence-corrected chi connectivity index (χ0v) is 13.5. The summed E-state index contributed by atoms with van der Waals surface area (Å²) in [4.78, 5) is 24.9. The number of methoxy groups -OCH3 is 1. The SMILES string of the molecule is CCCN(CC(=O)O)C(=O)c1ccc(OC)cc1OC(C)C. The van der Waals surface area contributed by atoms with Crippen molar-refractivity contribution in [3.63, 3.8) is 0 Å². The number of carbonyl (C=O) groups is 2. The van der Waals surface area contributed by atoms with Crippen molar-refractivity contribution in [1.29, 1.82) is 0 Å². The molecule has 0 aliphatic carbocycles. The summed E-state index contributed by atoms with van der Waals surface area (Å²) in [6.45, 7) is 5.64. The van der Waals surface area contributed by atoms with Gasteiger partial charge in [-0.25, -0.2) is 0 Å². The number of ether oxygens (including phenoxy) is 2. The summed E-state index contributed by atoms with van der Waals surface area (Å²) in [6.07, 6.45) is 0.563. The quantitative estimate of drug-likeness (QED) is 0.798. The van der Waals surface area contributed by atoms with E-state index in [-0.39, 0.29) is 18.6 Å². The molecule has 0 bridgehead atoms. The number of hydrogen-bond donors (Lipinski definition) is 1. The molecule has 22 heavy (non-hydrogen) atoms. The largest absolute Gasteiger partial charge is 0.497 e. The van der Waals surface area contributed by atoms with E-state index in [0.717, 1.165) is 0 Å². The van der Waals surface area contributed by atoms with E-state index < -0.39 is 5.97 Å². The zero-order chi connectivity index (χ0) is 16.7. The van der Waals surface area contributed by atoms with E-state index in [1.54, 1.807) is 18.2 Å². The molecule has 122 valence electrons. The highest BCUT2D eigenvalue weighted by Gasteiger charge is 2.22. The molecule has 0 fully saturated rings. The van der Waals surface area contributed by atoms with E-state index in [4.69, 9.17) is 14.6 Å². The van der Waals surface area contributed by atoms with Gasteiger partial charge in [0, 0.05) is 12.6 Å². The number of nitrogens with zero attached hydrogens (tertiary/aromatic N) is 1. The number of aliphatic carboxylic acids is 1. The minimum absolute atomic E-state index is 0.113. The summed E-state index contributed by atoms with van der Waals surface area (Å²) < 4.78 is 10.8. The topological polar surface area (TPSA) is 76.1 Å². The van der Waals surface area contributed by atoms with Crippen molar-refractivity contribution in [3.05, 3.63) is 23.8 Å². The first kappa shape index (κ1) is 17.8. The van der Waals surface area contributed by atoms with Crippen molar-refractivity contribution >= 4 is 11.9 Å². The van der Waals surface area contributed by atoms with Crippen LogP contribution in [0.5, 0.6) is 11.5 Å². The average molecular weight is 309 g/mol. The fourth-order valence-electron chi connectivity index (χ4n) is 2.01. The van der Waals surface area contributed by atoms with E-state index in [0.29, 0.717) is 30.0 Å². The van der Waals surface area contributed by atoms with Gasteiger partial charge in [-0.1, -0.05) is 6.92 Å². The average Bonchev–Trinajstić information content (AvgIpc) is 2.45. The molecule has 0 unspecified atom stereocenters. The van der Waals surface area contributed by atoms with Gasteiger partial charge in [-0.15, -0.1) is 0 Å². The third-order valence-corrected chi connectivity index (χ3v) is 2.89. The Hall–Kier alpha value is -2.24. The predicted octanol–water partition coefficient (Wildman–Crippen LogP) is 2.42. The van der Waals surface area contributed by atoms with E-state index in [9.17, 15) is 9.59 Å². The molecular formula is C16H23NO5. The first-order chi connectivity index (χ1) is 10.4. The summed E-state index contributed by atoms with van der Waals surface area (Å²) >= 11 is 0. The van der Waals surface area contributed by atoms with E-state index in [1.807, 2.05) is 20.8 Å². The number of hydrogen-bond acceptors (Lipinski definition) is 4. The summed E-state index contributed by atoms with van der Waals surface area (Å²) in [7, 11) is 1.53. The predicted molar refractivity (Wildman–Crippen MR) is 82.6 cm³/mol. The molecule has 6 heteroatoms. The van der Waals surface area contributed by atoms with E-state index >= 15 is 0 Å². The number of carboxylic acid groups (broad SMARTS) is 1. The molecule has 1 aromatic carbocycles. The van der Waals surface area contributed by atoms with Gasteiger partial charge in [0.05, 0.1) is 18.8 Å². The summed E-state index contributed by atoms with van der Waals surface area (Å²) in [5.41, 5.74) is 0.337. The number of benzene rings is 1. The fraction of sp³-hybridized carbons (Fsp3) is 0.500.